The number of nitrogens with one attached hydrogen (secondary N) is 1. The van der Waals surface area contributed by atoms with Crippen LogP contribution in [0.25, 0.3) is 0 Å². The van der Waals surface area contributed by atoms with Gasteiger partial charge in [-0.05, 0) is 62.4 Å². The average molecular weight is 362 g/mol. The summed E-state index contributed by atoms with van der Waals surface area (Å²) in [6.07, 6.45) is 0.0809. The van der Waals surface area contributed by atoms with Crippen LogP contribution < -0.4 is 10.1 Å². The molecule has 0 spiro atoms. The molecule has 0 aliphatic heterocycles. The van der Waals surface area contributed by atoms with E-state index in [1.807, 2.05) is 13.8 Å². The highest BCUT2D eigenvalue weighted by Crippen LogP contribution is 2.18. The maximum absolute atomic E-state index is 12.3. The predicted octanol–water partition coefficient (Wildman–Crippen LogP) is 2.98. The molecule has 0 aliphatic carbocycles. The highest BCUT2D eigenvalue weighted by molar-refractivity contribution is 7.89. The van der Waals surface area contributed by atoms with Gasteiger partial charge in [-0.15, -0.1) is 0 Å². The molecule has 0 saturated heterocycles. The van der Waals surface area contributed by atoms with E-state index in [4.69, 9.17) is 4.74 Å². The second-order valence-electron chi connectivity index (χ2n) is 5.96. The van der Waals surface area contributed by atoms with Crippen molar-refractivity contribution < 1.29 is 17.9 Å². The van der Waals surface area contributed by atoms with Crippen LogP contribution in [-0.2, 0) is 10.0 Å². The lowest BCUT2D eigenvalue weighted by molar-refractivity contribution is 0.102. The smallest absolute Gasteiger partial charge is 0.255 e. The van der Waals surface area contributed by atoms with Gasteiger partial charge in [0.2, 0.25) is 10.0 Å². The first-order valence-electron chi connectivity index (χ1n) is 7.81. The fraction of sp³-hybridized carbons (Fsp3) is 0.278. The Morgan fingerprint density at radius 3 is 2.04 bits per heavy atom. The Labute approximate surface area is 148 Å². The van der Waals surface area contributed by atoms with Crippen molar-refractivity contribution >= 4 is 21.6 Å². The number of ether oxygens (including phenoxy) is 1. The van der Waals surface area contributed by atoms with E-state index in [2.05, 4.69) is 5.32 Å². The van der Waals surface area contributed by atoms with Gasteiger partial charge in [-0.1, -0.05) is 0 Å². The standard InChI is InChI=1S/C18H22N2O4S/c1-13(2)24-16-9-7-15(8-10-16)19-18(21)14-5-11-17(12-6-14)25(22,23)20(3)4/h5-13H,1-4H3,(H,19,21). The van der Waals surface area contributed by atoms with Gasteiger partial charge in [0.1, 0.15) is 5.75 Å². The number of benzene rings is 2. The van der Waals surface area contributed by atoms with E-state index in [0.717, 1.165) is 10.1 Å². The quantitative estimate of drug-likeness (QED) is 0.857. The summed E-state index contributed by atoms with van der Waals surface area (Å²) in [7, 11) is -0.583. The molecule has 25 heavy (non-hydrogen) atoms. The number of hydrogen-bond donors (Lipinski definition) is 1. The summed E-state index contributed by atoms with van der Waals surface area (Å²) in [5, 5.41) is 2.77. The first-order chi connectivity index (χ1) is 11.7. The third-order valence-corrected chi connectivity index (χ3v) is 5.21. The Morgan fingerprint density at radius 2 is 1.56 bits per heavy atom. The van der Waals surface area contributed by atoms with Crippen LogP contribution in [0.5, 0.6) is 5.75 Å². The maximum Gasteiger partial charge on any atom is 0.255 e. The predicted molar refractivity (Wildman–Crippen MR) is 97.5 cm³/mol. The van der Waals surface area contributed by atoms with Crippen molar-refractivity contribution in [1.29, 1.82) is 0 Å². The average Bonchev–Trinajstić information content (AvgIpc) is 2.56. The van der Waals surface area contributed by atoms with Crippen molar-refractivity contribution in [3.63, 3.8) is 0 Å². The van der Waals surface area contributed by atoms with E-state index >= 15 is 0 Å². The van der Waals surface area contributed by atoms with Crippen molar-refractivity contribution in [2.75, 3.05) is 19.4 Å². The Balaban J connectivity index is 2.08. The number of sulfonamides is 1. The molecule has 0 saturated carbocycles. The number of amides is 1. The molecule has 134 valence electrons. The van der Waals surface area contributed by atoms with Crippen molar-refractivity contribution in [2.45, 2.75) is 24.8 Å². The van der Waals surface area contributed by atoms with Crippen LogP contribution in [0, 0.1) is 0 Å². The molecule has 0 atom stereocenters. The molecule has 0 bridgehead atoms. The summed E-state index contributed by atoms with van der Waals surface area (Å²) in [4.78, 5) is 12.4. The van der Waals surface area contributed by atoms with E-state index in [9.17, 15) is 13.2 Å². The van der Waals surface area contributed by atoms with Gasteiger partial charge in [0.15, 0.2) is 0 Å². The molecule has 0 aromatic heterocycles. The molecule has 0 fully saturated rings. The molecular weight excluding hydrogens is 340 g/mol. The third-order valence-electron chi connectivity index (χ3n) is 3.38. The second kappa shape index (κ2) is 7.67. The highest BCUT2D eigenvalue weighted by atomic mass is 32.2. The van der Waals surface area contributed by atoms with Crippen LogP contribution in [0.15, 0.2) is 53.4 Å². The van der Waals surface area contributed by atoms with Crippen LogP contribution >= 0.6 is 0 Å². The zero-order chi connectivity index (χ0) is 18.6. The first-order valence-corrected chi connectivity index (χ1v) is 9.25. The van der Waals surface area contributed by atoms with Crippen molar-refractivity contribution in [3.8, 4) is 5.75 Å². The van der Waals surface area contributed by atoms with Gasteiger partial charge in [0, 0.05) is 25.3 Å². The van der Waals surface area contributed by atoms with Crippen molar-refractivity contribution in [1.82, 2.24) is 4.31 Å². The molecule has 0 aliphatic rings. The van der Waals surface area contributed by atoms with Crippen LogP contribution in [0.4, 0.5) is 5.69 Å². The molecule has 1 N–H and O–H groups in total. The summed E-state index contributed by atoms with van der Waals surface area (Å²) in [5.41, 5.74) is 1.01. The molecule has 2 aromatic carbocycles. The summed E-state index contributed by atoms with van der Waals surface area (Å²) < 4.78 is 30.7. The lowest BCUT2D eigenvalue weighted by atomic mass is 10.2. The molecule has 1 amide bonds. The van der Waals surface area contributed by atoms with Gasteiger partial charge in [0.05, 0.1) is 11.0 Å². The molecule has 0 heterocycles. The molecule has 6 nitrogen and oxygen atoms in total. The second-order valence-corrected chi connectivity index (χ2v) is 8.11. The minimum atomic E-state index is -3.51. The van der Waals surface area contributed by atoms with Crippen LogP contribution in [0.1, 0.15) is 24.2 Å². The summed E-state index contributed by atoms with van der Waals surface area (Å²) in [6.45, 7) is 3.88. The van der Waals surface area contributed by atoms with Gasteiger partial charge in [-0.2, -0.15) is 0 Å². The molecular formula is C18H22N2O4S. The third kappa shape index (κ3) is 4.80. The highest BCUT2D eigenvalue weighted by Gasteiger charge is 2.17. The van der Waals surface area contributed by atoms with Crippen LogP contribution in [0.2, 0.25) is 0 Å². The monoisotopic (exact) mass is 362 g/mol. The van der Waals surface area contributed by atoms with Gasteiger partial charge >= 0.3 is 0 Å². The normalized spacial score (nSPS) is 11.6. The minimum Gasteiger partial charge on any atom is -0.491 e. The van der Waals surface area contributed by atoms with Crippen LogP contribution in [0.3, 0.4) is 0 Å². The van der Waals surface area contributed by atoms with E-state index in [1.54, 1.807) is 24.3 Å². The summed E-state index contributed by atoms with van der Waals surface area (Å²) in [5.74, 6) is 0.414. The fourth-order valence-electron chi connectivity index (χ4n) is 2.08. The zero-order valence-electron chi connectivity index (χ0n) is 14.7. The Bertz CT molecular complexity index is 826. The maximum atomic E-state index is 12.3. The first kappa shape index (κ1) is 19.0. The summed E-state index contributed by atoms with van der Waals surface area (Å²) >= 11 is 0. The Kier molecular flexibility index (Phi) is 5.81. The number of carbonyl (C=O) groups excluding carboxylic acids is 1. The molecule has 2 rings (SSSR count). The Hall–Kier alpha value is -2.38. The van der Waals surface area contributed by atoms with Gasteiger partial charge < -0.3 is 10.1 Å². The van der Waals surface area contributed by atoms with E-state index in [0.29, 0.717) is 11.3 Å². The zero-order valence-corrected chi connectivity index (χ0v) is 15.5. The number of carbonyl (C=O) groups is 1. The largest absolute Gasteiger partial charge is 0.491 e. The number of anilines is 1. The molecule has 2 aromatic rings. The lowest BCUT2D eigenvalue weighted by Gasteiger charge is -2.12. The topological polar surface area (TPSA) is 75.7 Å². The van der Waals surface area contributed by atoms with E-state index in [-0.39, 0.29) is 16.9 Å². The Morgan fingerprint density at radius 1 is 1.00 bits per heavy atom. The van der Waals surface area contributed by atoms with E-state index in [1.165, 1.54) is 38.4 Å². The van der Waals surface area contributed by atoms with Gasteiger partial charge in [-0.3, -0.25) is 4.79 Å². The number of nitrogens with zero attached hydrogens (tertiary/aromatic N) is 1. The van der Waals surface area contributed by atoms with Crippen molar-refractivity contribution in [3.05, 3.63) is 54.1 Å². The van der Waals surface area contributed by atoms with Crippen molar-refractivity contribution in [2.24, 2.45) is 0 Å². The molecule has 0 unspecified atom stereocenters. The minimum absolute atomic E-state index is 0.0809. The summed E-state index contributed by atoms with van der Waals surface area (Å²) in [6, 6.07) is 12.9. The number of rotatable bonds is 6. The number of hydrogen-bond acceptors (Lipinski definition) is 4. The molecule has 0 radical (unpaired) electrons. The molecule has 7 heteroatoms. The lowest BCUT2D eigenvalue weighted by Crippen LogP contribution is -2.22. The van der Waals surface area contributed by atoms with E-state index < -0.39 is 10.0 Å². The SMILES string of the molecule is CC(C)Oc1ccc(NC(=O)c2ccc(S(=O)(=O)N(C)C)cc2)cc1. The van der Waals surface area contributed by atoms with Gasteiger partial charge in [-0.25, -0.2) is 12.7 Å². The van der Waals surface area contributed by atoms with Crippen LogP contribution in [-0.4, -0.2) is 38.8 Å². The fourth-order valence-corrected chi connectivity index (χ4v) is 2.98. The van der Waals surface area contributed by atoms with Gasteiger partial charge in [0.25, 0.3) is 5.91 Å².